The van der Waals surface area contributed by atoms with Crippen molar-refractivity contribution in [3.05, 3.63) is 0 Å². The number of hydrogen-bond donors (Lipinski definition) is 5. The normalized spacial score (nSPS) is 21.5. The number of rotatable bonds is 8. The summed E-state index contributed by atoms with van der Waals surface area (Å²) in [6.07, 6.45) is -1.55. The molecule has 2 rings (SSSR count). The quantitative estimate of drug-likeness (QED) is 0.278. The second kappa shape index (κ2) is 10.2. The molecule has 2 aliphatic heterocycles. The molecule has 12 nitrogen and oxygen atoms in total. The van der Waals surface area contributed by atoms with E-state index in [9.17, 15) is 29.4 Å². The Balaban J connectivity index is 1.98. The Kier molecular flexibility index (Phi) is 8.31. The van der Waals surface area contributed by atoms with Gasteiger partial charge in [-0.3, -0.25) is 19.3 Å². The number of aliphatic hydroxyl groups is 2. The van der Waals surface area contributed by atoms with Crippen LogP contribution in [0.3, 0.4) is 0 Å². The van der Waals surface area contributed by atoms with Crippen molar-refractivity contribution in [1.29, 1.82) is 0 Å². The van der Waals surface area contributed by atoms with Crippen LogP contribution in [0, 0.1) is 0 Å². The molecule has 4 atom stereocenters. The van der Waals surface area contributed by atoms with Crippen molar-refractivity contribution >= 4 is 23.8 Å². The van der Waals surface area contributed by atoms with Crippen molar-refractivity contribution in [2.45, 2.75) is 82.9 Å². The fraction of sp³-hybridized carbons (Fsp3) is 0.810. The molecule has 4 amide bonds. The highest BCUT2D eigenvalue weighted by molar-refractivity contribution is 5.88. The van der Waals surface area contributed by atoms with Crippen LogP contribution in [-0.4, -0.2) is 105 Å². The van der Waals surface area contributed by atoms with Crippen LogP contribution in [0.15, 0.2) is 0 Å². The Morgan fingerprint density at radius 1 is 1.06 bits per heavy atom. The third-order valence-corrected chi connectivity index (χ3v) is 5.79. The first-order valence-electron chi connectivity index (χ1n) is 11.1. The van der Waals surface area contributed by atoms with Gasteiger partial charge < -0.3 is 36.2 Å². The molecule has 188 valence electrons. The fourth-order valence-electron chi connectivity index (χ4n) is 4.35. The number of aliphatic hydroxyl groups excluding tert-OH is 2. The van der Waals surface area contributed by atoms with Gasteiger partial charge in [-0.05, 0) is 47.5 Å². The maximum atomic E-state index is 13.2. The molecule has 0 aromatic heterocycles. The Hall–Kier alpha value is -2.44. The minimum absolute atomic E-state index is 0.0176. The SMILES string of the molecule is C[C@@H](O)C(NC(=O)OC(C)(C)C)C(=O)N1CCCC12CN(CC(=O)N[C@H](C(N)=O)[C@@H](C)O)C2. The largest absolute Gasteiger partial charge is 0.444 e. The highest BCUT2D eigenvalue weighted by Gasteiger charge is 2.53. The molecule has 0 aromatic rings. The molecule has 0 aromatic carbocycles. The molecule has 1 spiro atoms. The van der Waals surface area contributed by atoms with E-state index in [2.05, 4.69) is 10.6 Å². The van der Waals surface area contributed by atoms with Gasteiger partial charge in [-0.2, -0.15) is 0 Å². The lowest BCUT2D eigenvalue weighted by Gasteiger charge is -2.53. The van der Waals surface area contributed by atoms with Crippen LogP contribution in [0.5, 0.6) is 0 Å². The van der Waals surface area contributed by atoms with Crippen LogP contribution in [0.4, 0.5) is 4.79 Å². The van der Waals surface area contributed by atoms with E-state index in [0.29, 0.717) is 19.6 Å². The molecule has 33 heavy (non-hydrogen) atoms. The molecule has 6 N–H and O–H groups in total. The van der Waals surface area contributed by atoms with E-state index in [1.165, 1.54) is 13.8 Å². The van der Waals surface area contributed by atoms with Gasteiger partial charge >= 0.3 is 6.09 Å². The number of primary amides is 1. The lowest BCUT2D eigenvalue weighted by molar-refractivity contribution is -0.148. The van der Waals surface area contributed by atoms with Gasteiger partial charge in [0, 0.05) is 19.6 Å². The van der Waals surface area contributed by atoms with E-state index in [1.54, 1.807) is 25.7 Å². The van der Waals surface area contributed by atoms with Gasteiger partial charge in [0.2, 0.25) is 17.7 Å². The topological polar surface area (TPSA) is 175 Å². The lowest BCUT2D eigenvalue weighted by Crippen LogP contribution is -2.72. The highest BCUT2D eigenvalue weighted by atomic mass is 16.6. The maximum absolute atomic E-state index is 13.2. The smallest absolute Gasteiger partial charge is 0.408 e. The second-order valence-electron chi connectivity index (χ2n) is 10.0. The molecule has 0 bridgehead atoms. The summed E-state index contributed by atoms with van der Waals surface area (Å²) in [7, 11) is 0. The van der Waals surface area contributed by atoms with Crippen LogP contribution < -0.4 is 16.4 Å². The third-order valence-electron chi connectivity index (χ3n) is 5.79. The standard InChI is InChI=1S/C21H37N5O7/c1-12(27)15(17(22)30)23-14(29)9-25-10-21(11-25)7-6-8-26(21)18(31)16(13(2)28)24-19(32)33-20(3,4)5/h12-13,15-16,27-28H,6-11H2,1-5H3,(H2,22,30)(H,23,29)(H,24,32)/t12-,13-,15+,16?/m1/s1. The zero-order valence-electron chi connectivity index (χ0n) is 20.0. The fourth-order valence-corrected chi connectivity index (χ4v) is 4.35. The van der Waals surface area contributed by atoms with Gasteiger partial charge in [0.1, 0.15) is 17.7 Å². The van der Waals surface area contributed by atoms with Crippen molar-refractivity contribution in [2.75, 3.05) is 26.2 Å². The van der Waals surface area contributed by atoms with Gasteiger partial charge in [0.05, 0.1) is 24.3 Å². The minimum Gasteiger partial charge on any atom is -0.444 e. The summed E-state index contributed by atoms with van der Waals surface area (Å²) in [5.74, 6) is -1.69. The van der Waals surface area contributed by atoms with Gasteiger partial charge in [-0.1, -0.05) is 0 Å². The van der Waals surface area contributed by atoms with Crippen LogP contribution in [0.2, 0.25) is 0 Å². The van der Waals surface area contributed by atoms with E-state index < -0.39 is 59.2 Å². The minimum atomic E-state index is -1.18. The molecule has 0 radical (unpaired) electrons. The number of amides is 4. The van der Waals surface area contributed by atoms with E-state index in [0.717, 1.165) is 12.8 Å². The zero-order chi connectivity index (χ0) is 25.1. The van der Waals surface area contributed by atoms with E-state index in [4.69, 9.17) is 10.5 Å². The Labute approximate surface area is 193 Å². The summed E-state index contributed by atoms with van der Waals surface area (Å²) in [6, 6.07) is -2.34. The van der Waals surface area contributed by atoms with Crippen molar-refractivity contribution in [3.8, 4) is 0 Å². The van der Waals surface area contributed by atoms with Crippen LogP contribution in [0.25, 0.3) is 0 Å². The van der Waals surface area contributed by atoms with Crippen LogP contribution >= 0.6 is 0 Å². The number of nitrogens with one attached hydrogen (secondary N) is 2. The molecule has 0 saturated carbocycles. The maximum Gasteiger partial charge on any atom is 0.408 e. The summed E-state index contributed by atoms with van der Waals surface area (Å²) in [4.78, 5) is 52.5. The summed E-state index contributed by atoms with van der Waals surface area (Å²) >= 11 is 0. The molecule has 1 unspecified atom stereocenters. The predicted octanol–water partition coefficient (Wildman–Crippen LogP) is -1.71. The number of nitrogens with two attached hydrogens (primary N) is 1. The summed E-state index contributed by atoms with van der Waals surface area (Å²) in [6.45, 7) is 9.22. The van der Waals surface area contributed by atoms with Crippen LogP contribution in [-0.2, 0) is 19.1 Å². The van der Waals surface area contributed by atoms with Gasteiger partial charge in [0.25, 0.3) is 0 Å². The number of hydrogen-bond acceptors (Lipinski definition) is 8. The first-order chi connectivity index (χ1) is 15.1. The van der Waals surface area contributed by atoms with Crippen LogP contribution in [0.1, 0.15) is 47.5 Å². The van der Waals surface area contributed by atoms with Crippen molar-refractivity contribution < 1.29 is 34.1 Å². The van der Waals surface area contributed by atoms with Gasteiger partial charge in [0.15, 0.2) is 0 Å². The number of carbonyl (C=O) groups is 4. The van der Waals surface area contributed by atoms with Crippen molar-refractivity contribution in [3.63, 3.8) is 0 Å². The average molecular weight is 472 g/mol. The third kappa shape index (κ3) is 6.78. The molecule has 2 aliphatic rings. The molecular weight excluding hydrogens is 434 g/mol. The molecule has 2 fully saturated rings. The molecular formula is C21H37N5O7. The number of alkyl carbamates (subject to hydrolysis) is 1. The Morgan fingerprint density at radius 3 is 2.12 bits per heavy atom. The Morgan fingerprint density at radius 2 is 1.64 bits per heavy atom. The van der Waals surface area contributed by atoms with Crippen molar-refractivity contribution in [2.24, 2.45) is 5.73 Å². The van der Waals surface area contributed by atoms with Crippen molar-refractivity contribution in [1.82, 2.24) is 20.4 Å². The molecule has 12 heteroatoms. The average Bonchev–Trinajstić information content (AvgIpc) is 3.06. The monoisotopic (exact) mass is 471 g/mol. The number of nitrogens with zero attached hydrogens (tertiary/aromatic N) is 2. The first-order valence-corrected chi connectivity index (χ1v) is 11.1. The lowest BCUT2D eigenvalue weighted by atomic mass is 9.86. The number of likely N-dealkylation sites (tertiary alicyclic amines) is 2. The zero-order valence-corrected chi connectivity index (χ0v) is 20.0. The number of carbonyl (C=O) groups excluding carboxylic acids is 4. The first kappa shape index (κ1) is 26.8. The Bertz CT molecular complexity index is 759. The summed E-state index contributed by atoms with van der Waals surface area (Å²) < 4.78 is 5.21. The predicted molar refractivity (Wildman–Crippen MR) is 118 cm³/mol. The highest BCUT2D eigenvalue weighted by Crippen LogP contribution is 2.38. The van der Waals surface area contributed by atoms with E-state index in [1.807, 2.05) is 4.90 Å². The summed E-state index contributed by atoms with van der Waals surface area (Å²) in [5, 5.41) is 24.6. The van der Waals surface area contributed by atoms with Gasteiger partial charge in [-0.25, -0.2) is 4.79 Å². The molecule has 0 aliphatic carbocycles. The second-order valence-corrected chi connectivity index (χ2v) is 10.0. The molecule has 2 heterocycles. The summed E-state index contributed by atoms with van der Waals surface area (Å²) in [5.41, 5.74) is 3.96. The van der Waals surface area contributed by atoms with Gasteiger partial charge in [-0.15, -0.1) is 0 Å². The van der Waals surface area contributed by atoms with E-state index >= 15 is 0 Å². The molecule has 2 saturated heterocycles. The van der Waals surface area contributed by atoms with E-state index in [-0.39, 0.29) is 6.54 Å². The number of ether oxygens (including phenoxy) is 1.